The molecule has 6 heteroatoms. The van der Waals surface area contributed by atoms with Gasteiger partial charge in [-0.05, 0) is 56.7 Å². The first kappa shape index (κ1) is 19.1. The third-order valence-corrected chi connectivity index (χ3v) is 5.47. The Hall–Kier alpha value is 0.0748. The van der Waals surface area contributed by atoms with E-state index in [1.54, 1.807) is 0 Å². The van der Waals surface area contributed by atoms with Crippen molar-refractivity contribution in [3.63, 3.8) is 0 Å². The minimum absolute atomic E-state index is 0.735. The summed E-state index contributed by atoms with van der Waals surface area (Å²) >= 11 is 0. The van der Waals surface area contributed by atoms with Gasteiger partial charge in [0.1, 0.15) is 0 Å². The van der Waals surface area contributed by atoms with Crippen LogP contribution >= 0.6 is 0 Å². The van der Waals surface area contributed by atoms with Gasteiger partial charge in [-0.2, -0.15) is 0 Å². The molecule has 0 aromatic rings. The second-order valence-corrected chi connectivity index (χ2v) is 6.60. The zero-order valence-corrected chi connectivity index (χ0v) is 15.4. The maximum atomic E-state index is 2.72. The zero-order valence-electron chi connectivity index (χ0n) is 15.4. The highest BCUT2D eigenvalue weighted by atomic mass is 15.3. The molecule has 21 heavy (non-hydrogen) atoms. The van der Waals surface area contributed by atoms with Crippen LogP contribution in [0.25, 0.3) is 0 Å². The van der Waals surface area contributed by atoms with Gasteiger partial charge in [0.2, 0.25) is 0 Å². The van der Waals surface area contributed by atoms with Crippen LogP contribution in [0.1, 0.15) is 80.1 Å². The van der Waals surface area contributed by atoms with Gasteiger partial charge in [-0.3, -0.25) is 0 Å². The van der Waals surface area contributed by atoms with Crippen molar-refractivity contribution in [3.8, 4) is 0 Å². The van der Waals surface area contributed by atoms with E-state index in [0.29, 0.717) is 0 Å². The molecule has 0 aromatic carbocycles. The van der Waals surface area contributed by atoms with E-state index < -0.39 is 0 Å². The molecule has 120 valence electrons. The lowest BCUT2D eigenvalue weighted by Crippen LogP contribution is -2.67. The Morgan fingerprint density at radius 1 is 0.476 bits per heavy atom. The van der Waals surface area contributed by atoms with Crippen molar-refractivity contribution in [2.45, 2.75) is 98.2 Å². The van der Waals surface area contributed by atoms with Crippen molar-refractivity contribution in [2.24, 2.45) is 0 Å². The van der Waals surface area contributed by atoms with E-state index in [4.69, 9.17) is 0 Å². The van der Waals surface area contributed by atoms with Crippen molar-refractivity contribution in [3.05, 3.63) is 0 Å². The summed E-state index contributed by atoms with van der Waals surface area (Å²) in [5, 5.41) is 0. The summed E-state index contributed by atoms with van der Waals surface area (Å²) in [6, 6.07) is 2.21. The quantitative estimate of drug-likeness (QED) is 0.603. The lowest BCUT2D eigenvalue weighted by molar-refractivity contribution is 0.314. The third kappa shape index (κ3) is 5.04. The molecule has 0 spiro atoms. The Morgan fingerprint density at radius 3 is 0.810 bits per heavy atom. The van der Waals surface area contributed by atoms with Crippen LogP contribution in [0.5, 0.6) is 0 Å². The molecule has 0 saturated carbocycles. The molecular weight excluding hydrogens is 255 g/mol. The molecule has 3 nitrogen and oxygen atoms in total. The molecule has 1 aliphatic rings. The summed E-state index contributed by atoms with van der Waals surface area (Å²) in [6.45, 7) is 14.0. The second kappa shape index (κ2) is 9.96. The van der Waals surface area contributed by atoms with Gasteiger partial charge in [-0.1, -0.05) is 41.5 Å². The van der Waals surface area contributed by atoms with Crippen LogP contribution in [-0.2, 0) is 0 Å². The average Bonchev–Trinajstić information content (AvgIpc) is 2.51. The molecule has 0 N–H and O–H groups in total. The first-order chi connectivity index (χ1) is 10.1. The Balaban J connectivity index is 2.86. The Labute approximate surface area is 135 Å². The molecule has 0 atom stereocenters. The highest BCUT2D eigenvalue weighted by Gasteiger charge is 2.35. The monoisotopic (exact) mass is 291 g/mol. The van der Waals surface area contributed by atoms with Gasteiger partial charge in [-0.15, -0.1) is 0 Å². The van der Waals surface area contributed by atoms with E-state index in [1.807, 2.05) is 0 Å². The summed E-state index contributed by atoms with van der Waals surface area (Å²) in [6.07, 6.45) is 7.61. The molecule has 0 amide bonds. The van der Waals surface area contributed by atoms with Crippen LogP contribution < -0.4 is 0 Å². The Bertz CT molecular complexity index is 220. The molecule has 0 unspecified atom stereocenters. The van der Waals surface area contributed by atoms with Gasteiger partial charge in [0.25, 0.3) is 22.6 Å². The molecule has 1 saturated heterocycles. The predicted molar refractivity (Wildman–Crippen MR) is 100 cm³/mol. The van der Waals surface area contributed by atoms with E-state index >= 15 is 0 Å². The van der Waals surface area contributed by atoms with Gasteiger partial charge < -0.3 is 14.2 Å². The summed E-state index contributed by atoms with van der Waals surface area (Å²) < 4.78 is 8.17. The van der Waals surface area contributed by atoms with E-state index in [1.165, 1.54) is 38.5 Å². The number of nitrogens with zero attached hydrogens (tertiary/aromatic N) is 3. The highest BCUT2D eigenvalue weighted by Crippen LogP contribution is 2.19. The summed E-state index contributed by atoms with van der Waals surface area (Å²) in [7, 11) is 3.49. The van der Waals surface area contributed by atoms with Gasteiger partial charge in [0.05, 0.1) is 0 Å². The fourth-order valence-corrected chi connectivity index (χ4v) is 3.94. The summed E-state index contributed by atoms with van der Waals surface area (Å²) in [5.74, 6) is 0. The molecule has 1 rings (SSSR count). The van der Waals surface area contributed by atoms with E-state index in [-0.39, 0.29) is 0 Å². The smallest absolute Gasteiger partial charge is 0.271 e. The average molecular weight is 291 g/mol. The van der Waals surface area contributed by atoms with Crippen molar-refractivity contribution >= 4 is 22.6 Å². The van der Waals surface area contributed by atoms with E-state index in [0.717, 1.165) is 40.8 Å². The topological polar surface area (TPSA) is 9.72 Å². The normalized spacial score (nSPS) is 18.1. The standard InChI is InChI=1S/C15H36B3N3/c1-7-13(8-2)19-16-20(14(9-3)10-4)18-21(17-19)15(11-5)12-6/h13-18H,7-12H2,1-6H3. The molecule has 1 aliphatic heterocycles. The van der Waals surface area contributed by atoms with Crippen molar-refractivity contribution in [1.29, 1.82) is 0 Å². The Morgan fingerprint density at radius 2 is 0.667 bits per heavy atom. The summed E-state index contributed by atoms with van der Waals surface area (Å²) in [5.41, 5.74) is 0. The second-order valence-electron chi connectivity index (χ2n) is 6.60. The van der Waals surface area contributed by atoms with Crippen molar-refractivity contribution < 1.29 is 0 Å². The van der Waals surface area contributed by atoms with Gasteiger partial charge >= 0.3 is 0 Å². The third-order valence-electron chi connectivity index (χ3n) is 5.47. The van der Waals surface area contributed by atoms with Gasteiger partial charge in [0, 0.05) is 0 Å². The minimum Gasteiger partial charge on any atom is -0.361 e. The van der Waals surface area contributed by atoms with Gasteiger partial charge in [0.15, 0.2) is 0 Å². The molecule has 1 heterocycles. The molecule has 0 aromatic heterocycles. The summed E-state index contributed by atoms with van der Waals surface area (Å²) in [4.78, 5) is 0. The predicted octanol–water partition coefficient (Wildman–Crippen LogP) is 2.27. The fraction of sp³-hybridized carbons (Fsp3) is 1.00. The first-order valence-corrected chi connectivity index (χ1v) is 9.36. The number of rotatable bonds is 9. The van der Waals surface area contributed by atoms with Crippen LogP contribution in [0, 0.1) is 0 Å². The Kier molecular flexibility index (Phi) is 9.07. The van der Waals surface area contributed by atoms with Gasteiger partial charge in [-0.25, -0.2) is 0 Å². The molecule has 0 aliphatic carbocycles. The lowest BCUT2D eigenvalue weighted by Gasteiger charge is -2.48. The van der Waals surface area contributed by atoms with E-state index in [9.17, 15) is 0 Å². The fourth-order valence-electron chi connectivity index (χ4n) is 3.94. The molecule has 0 bridgehead atoms. The van der Waals surface area contributed by atoms with E-state index in [2.05, 4.69) is 55.7 Å². The minimum atomic E-state index is 0.735. The number of hydrogen-bond acceptors (Lipinski definition) is 3. The lowest BCUT2D eigenvalue weighted by atomic mass is 9.68. The number of hydrogen-bond donors (Lipinski definition) is 0. The SMILES string of the molecule is CCC(CC)N1BN(C(CC)CC)BN(C(CC)CC)B1. The highest BCUT2D eigenvalue weighted by molar-refractivity contribution is 6.65. The van der Waals surface area contributed by atoms with Crippen LogP contribution in [-0.4, -0.2) is 54.9 Å². The first-order valence-electron chi connectivity index (χ1n) is 9.36. The largest absolute Gasteiger partial charge is 0.361 e. The van der Waals surface area contributed by atoms with Crippen LogP contribution in [0.4, 0.5) is 0 Å². The zero-order chi connectivity index (χ0) is 15.8. The maximum absolute atomic E-state index is 2.72. The van der Waals surface area contributed by atoms with Crippen molar-refractivity contribution in [2.75, 3.05) is 0 Å². The maximum Gasteiger partial charge on any atom is 0.271 e. The van der Waals surface area contributed by atoms with Crippen LogP contribution in [0.2, 0.25) is 0 Å². The molecule has 0 radical (unpaired) electrons. The van der Waals surface area contributed by atoms with Crippen LogP contribution in [0.15, 0.2) is 0 Å². The molecular formula is C15H36B3N3. The molecule has 1 fully saturated rings. The van der Waals surface area contributed by atoms with Crippen LogP contribution in [0.3, 0.4) is 0 Å². The van der Waals surface area contributed by atoms with Crippen molar-refractivity contribution in [1.82, 2.24) is 14.2 Å².